The Morgan fingerprint density at radius 1 is 1.27 bits per heavy atom. The van der Waals surface area contributed by atoms with Crippen LogP contribution in [0.25, 0.3) is 0 Å². The molecule has 1 aromatic heterocycles. The average molecular weight is 333 g/mol. The van der Waals surface area contributed by atoms with Crippen LogP contribution in [-0.4, -0.2) is 40.4 Å². The molecule has 0 radical (unpaired) electrons. The normalized spacial score (nSPS) is 17.1. The first kappa shape index (κ1) is 15.5. The molecule has 0 saturated carbocycles. The number of hydrogen-bond donors (Lipinski definition) is 1. The fraction of sp³-hybridized carbons (Fsp3) is 0.375. The van der Waals surface area contributed by atoms with Crippen molar-refractivity contribution in [3.63, 3.8) is 0 Å². The largest absolute Gasteiger partial charge is 0.348 e. The van der Waals surface area contributed by atoms with Crippen LogP contribution in [0.5, 0.6) is 0 Å². The average Bonchev–Trinajstić information content (AvgIpc) is 3.09. The summed E-state index contributed by atoms with van der Waals surface area (Å²) in [6, 6.07) is 9.84. The van der Waals surface area contributed by atoms with Crippen LogP contribution in [0.2, 0.25) is 0 Å². The predicted octanol–water partition coefficient (Wildman–Crippen LogP) is 2.55. The molecule has 1 fully saturated rings. The van der Waals surface area contributed by atoms with Gasteiger partial charge in [-0.2, -0.15) is 11.8 Å². The van der Waals surface area contributed by atoms with Crippen molar-refractivity contribution in [2.24, 2.45) is 0 Å². The molecule has 1 aliphatic heterocycles. The third-order valence-corrected chi connectivity index (χ3v) is 5.39. The number of carbonyl (C=O) groups is 1. The van der Waals surface area contributed by atoms with E-state index < -0.39 is 0 Å². The first-order valence-electron chi connectivity index (χ1n) is 7.37. The summed E-state index contributed by atoms with van der Waals surface area (Å²) in [5, 5.41) is 5.91. The molecule has 116 valence electrons. The first-order chi connectivity index (χ1) is 10.8. The molecule has 4 nitrogen and oxygen atoms in total. The number of thiazole rings is 1. The molecule has 6 heteroatoms. The number of carbonyl (C=O) groups excluding carboxylic acids is 1. The predicted molar refractivity (Wildman–Crippen MR) is 92.0 cm³/mol. The summed E-state index contributed by atoms with van der Waals surface area (Å²) < 4.78 is 0. The summed E-state index contributed by atoms with van der Waals surface area (Å²) in [6.45, 7) is 2.41. The fourth-order valence-electron chi connectivity index (χ4n) is 2.60. The van der Waals surface area contributed by atoms with Crippen molar-refractivity contribution in [3.8, 4) is 0 Å². The van der Waals surface area contributed by atoms with E-state index in [2.05, 4.69) is 15.2 Å². The van der Waals surface area contributed by atoms with Crippen LogP contribution in [0.3, 0.4) is 0 Å². The van der Waals surface area contributed by atoms with Gasteiger partial charge in [0.2, 0.25) is 5.91 Å². The van der Waals surface area contributed by atoms with E-state index in [1.54, 1.807) is 17.5 Å². The minimum Gasteiger partial charge on any atom is -0.348 e. The van der Waals surface area contributed by atoms with E-state index in [1.165, 1.54) is 0 Å². The molecule has 0 bridgehead atoms. The lowest BCUT2D eigenvalue weighted by Crippen LogP contribution is -2.44. The van der Waals surface area contributed by atoms with Crippen molar-refractivity contribution in [1.82, 2.24) is 15.2 Å². The minimum atomic E-state index is -0.206. The lowest BCUT2D eigenvalue weighted by Gasteiger charge is -2.33. The van der Waals surface area contributed by atoms with E-state index in [9.17, 15) is 4.79 Å². The molecule has 1 amide bonds. The standard InChI is InChI=1S/C16H19N3OS2/c20-16(18-12-14-17-6-9-22-14)15(13-4-2-1-3-5-13)19-7-10-21-11-8-19/h1-6,9,15H,7-8,10-12H2,(H,18,20)/t15-/m0/s1. The molecule has 0 spiro atoms. The van der Waals surface area contributed by atoms with Gasteiger partial charge in [-0.1, -0.05) is 30.3 Å². The molecule has 22 heavy (non-hydrogen) atoms. The summed E-state index contributed by atoms with van der Waals surface area (Å²) in [4.78, 5) is 19.3. The van der Waals surface area contributed by atoms with E-state index in [0.717, 1.165) is 35.2 Å². The lowest BCUT2D eigenvalue weighted by molar-refractivity contribution is -0.126. The molecule has 2 aromatic rings. The zero-order valence-electron chi connectivity index (χ0n) is 12.3. The first-order valence-corrected chi connectivity index (χ1v) is 9.41. The summed E-state index contributed by atoms with van der Waals surface area (Å²) >= 11 is 3.52. The number of nitrogens with one attached hydrogen (secondary N) is 1. The van der Waals surface area contributed by atoms with Gasteiger partial charge in [0.25, 0.3) is 0 Å². The van der Waals surface area contributed by atoms with Crippen LogP contribution in [0.1, 0.15) is 16.6 Å². The number of rotatable bonds is 5. The van der Waals surface area contributed by atoms with Crippen molar-refractivity contribution >= 4 is 29.0 Å². The van der Waals surface area contributed by atoms with Gasteiger partial charge >= 0.3 is 0 Å². The van der Waals surface area contributed by atoms with Gasteiger partial charge in [0.05, 0.1) is 6.54 Å². The van der Waals surface area contributed by atoms with Gasteiger partial charge in [-0.15, -0.1) is 11.3 Å². The molecule has 1 aromatic carbocycles. The Hall–Kier alpha value is -1.37. The molecule has 1 aliphatic rings. The van der Waals surface area contributed by atoms with E-state index in [0.29, 0.717) is 6.54 Å². The topological polar surface area (TPSA) is 45.2 Å². The third-order valence-electron chi connectivity index (χ3n) is 3.67. The van der Waals surface area contributed by atoms with Crippen LogP contribution in [0.15, 0.2) is 41.9 Å². The van der Waals surface area contributed by atoms with Crippen LogP contribution < -0.4 is 5.32 Å². The minimum absolute atomic E-state index is 0.0632. The highest BCUT2D eigenvalue weighted by atomic mass is 32.2. The molecular formula is C16H19N3OS2. The number of amides is 1. The van der Waals surface area contributed by atoms with Gasteiger partial charge < -0.3 is 5.32 Å². The van der Waals surface area contributed by atoms with Crippen molar-refractivity contribution in [1.29, 1.82) is 0 Å². The fourth-order valence-corrected chi connectivity index (χ4v) is 4.09. The van der Waals surface area contributed by atoms with Gasteiger partial charge in [-0.3, -0.25) is 9.69 Å². The number of nitrogens with zero attached hydrogens (tertiary/aromatic N) is 2. The number of aromatic nitrogens is 1. The number of thioether (sulfide) groups is 1. The summed E-state index contributed by atoms with van der Waals surface area (Å²) in [5.41, 5.74) is 1.06. The smallest absolute Gasteiger partial charge is 0.242 e. The molecule has 1 atom stereocenters. The monoisotopic (exact) mass is 333 g/mol. The molecule has 2 heterocycles. The van der Waals surface area contributed by atoms with Crippen LogP contribution in [0, 0.1) is 0 Å². The second-order valence-electron chi connectivity index (χ2n) is 5.11. The molecule has 0 unspecified atom stereocenters. The molecule has 1 saturated heterocycles. The summed E-state index contributed by atoms with van der Waals surface area (Å²) in [7, 11) is 0. The molecular weight excluding hydrogens is 314 g/mol. The van der Waals surface area contributed by atoms with Gasteiger partial charge in [-0.05, 0) is 5.56 Å². The highest BCUT2D eigenvalue weighted by molar-refractivity contribution is 7.99. The van der Waals surface area contributed by atoms with Crippen LogP contribution in [0.4, 0.5) is 0 Å². The van der Waals surface area contributed by atoms with E-state index in [4.69, 9.17) is 0 Å². The summed E-state index contributed by atoms with van der Waals surface area (Å²) in [6.07, 6.45) is 1.77. The highest BCUT2D eigenvalue weighted by Gasteiger charge is 2.28. The number of hydrogen-bond acceptors (Lipinski definition) is 5. The van der Waals surface area contributed by atoms with Gasteiger partial charge in [0.1, 0.15) is 11.0 Å². The zero-order chi connectivity index (χ0) is 15.2. The zero-order valence-corrected chi connectivity index (χ0v) is 13.9. The Labute approximate surface area is 138 Å². The van der Waals surface area contributed by atoms with Crippen molar-refractivity contribution in [3.05, 3.63) is 52.5 Å². The molecule has 1 N–H and O–H groups in total. The van der Waals surface area contributed by atoms with Crippen molar-refractivity contribution in [2.45, 2.75) is 12.6 Å². The lowest BCUT2D eigenvalue weighted by atomic mass is 10.0. The van der Waals surface area contributed by atoms with E-state index in [1.807, 2.05) is 47.5 Å². The molecule has 3 rings (SSSR count). The van der Waals surface area contributed by atoms with E-state index in [-0.39, 0.29) is 11.9 Å². The Bertz CT molecular complexity index is 583. The van der Waals surface area contributed by atoms with E-state index >= 15 is 0 Å². The van der Waals surface area contributed by atoms with Gasteiger partial charge in [-0.25, -0.2) is 4.98 Å². The van der Waals surface area contributed by atoms with Crippen LogP contribution >= 0.6 is 23.1 Å². The Morgan fingerprint density at radius 3 is 2.73 bits per heavy atom. The third kappa shape index (κ3) is 3.88. The highest BCUT2D eigenvalue weighted by Crippen LogP contribution is 2.24. The Morgan fingerprint density at radius 2 is 2.05 bits per heavy atom. The maximum Gasteiger partial charge on any atom is 0.242 e. The van der Waals surface area contributed by atoms with Gasteiger partial charge in [0.15, 0.2) is 0 Å². The number of benzene rings is 1. The molecule has 0 aliphatic carbocycles. The Kier molecular flexibility index (Phi) is 5.48. The maximum atomic E-state index is 12.8. The second kappa shape index (κ2) is 7.76. The van der Waals surface area contributed by atoms with Crippen LogP contribution in [-0.2, 0) is 11.3 Å². The SMILES string of the molecule is O=C(NCc1nccs1)[C@H](c1ccccc1)N1CCSCC1. The Balaban J connectivity index is 1.73. The maximum absolute atomic E-state index is 12.8. The quantitative estimate of drug-likeness (QED) is 0.913. The van der Waals surface area contributed by atoms with Gasteiger partial charge in [0, 0.05) is 36.2 Å². The van der Waals surface area contributed by atoms with Crippen molar-refractivity contribution < 1.29 is 4.79 Å². The van der Waals surface area contributed by atoms with Crippen molar-refractivity contribution in [2.75, 3.05) is 24.6 Å². The second-order valence-corrected chi connectivity index (χ2v) is 7.31. The summed E-state index contributed by atoms with van der Waals surface area (Å²) in [5.74, 6) is 2.24.